The average Bonchev–Trinajstić information content (AvgIpc) is 3.64. The van der Waals surface area contributed by atoms with Crippen molar-refractivity contribution in [3.8, 4) is 0 Å². The number of hydrogen-bond donors (Lipinski definition) is 2. The molecule has 7 heteroatoms. The second kappa shape index (κ2) is 14.1. The van der Waals surface area contributed by atoms with Crippen LogP contribution in [-0.4, -0.2) is 33.1 Å². The van der Waals surface area contributed by atoms with Crippen molar-refractivity contribution < 1.29 is 4.74 Å². The molecule has 2 heterocycles. The standard InChI is InChI=1S/C30H36Br2N4O/c1-3-25(21-5-9-23(31)10-6-21)27(29-17-33-19-35-29)13-15-37-16-14-28(30-18-34-20-36-30)26(4-2)22-7-11-24(32)12-8-22/h5-12,17-20,25-28H,3-4,13-16H2,1-2H3,(H,33,35)(H,34,36). The van der Waals surface area contributed by atoms with E-state index in [1.54, 1.807) is 12.7 Å². The Morgan fingerprint density at radius 3 is 1.38 bits per heavy atom. The van der Waals surface area contributed by atoms with Crippen molar-refractivity contribution in [2.45, 2.75) is 63.2 Å². The topological polar surface area (TPSA) is 66.6 Å². The first kappa shape index (κ1) is 27.8. The van der Waals surface area contributed by atoms with Crippen LogP contribution in [-0.2, 0) is 4.74 Å². The molecule has 0 saturated carbocycles. The van der Waals surface area contributed by atoms with Crippen LogP contribution in [0.3, 0.4) is 0 Å². The molecule has 4 atom stereocenters. The van der Waals surface area contributed by atoms with Crippen LogP contribution >= 0.6 is 31.9 Å². The molecule has 37 heavy (non-hydrogen) atoms. The maximum absolute atomic E-state index is 6.31. The molecular formula is C30H36Br2N4O. The number of rotatable bonds is 14. The Labute approximate surface area is 237 Å². The molecule has 0 bridgehead atoms. The largest absolute Gasteiger partial charge is 0.381 e. The Hall–Kier alpha value is -2.22. The molecule has 196 valence electrons. The van der Waals surface area contributed by atoms with E-state index in [4.69, 9.17) is 4.74 Å². The van der Waals surface area contributed by atoms with Crippen LogP contribution in [0.1, 0.15) is 85.7 Å². The summed E-state index contributed by atoms with van der Waals surface area (Å²) in [7, 11) is 0. The fourth-order valence-corrected chi connectivity index (χ4v) is 6.06. The Kier molecular flexibility index (Phi) is 10.6. The second-order valence-corrected chi connectivity index (χ2v) is 11.4. The monoisotopic (exact) mass is 626 g/mol. The van der Waals surface area contributed by atoms with E-state index < -0.39 is 0 Å². The lowest BCUT2D eigenvalue weighted by Crippen LogP contribution is -2.16. The van der Waals surface area contributed by atoms with Crippen molar-refractivity contribution >= 4 is 31.9 Å². The molecule has 4 rings (SSSR count). The molecule has 0 aliphatic heterocycles. The zero-order valence-corrected chi connectivity index (χ0v) is 24.7. The number of nitrogens with one attached hydrogen (secondary N) is 2. The van der Waals surface area contributed by atoms with Gasteiger partial charge in [0.15, 0.2) is 0 Å². The lowest BCUT2D eigenvalue weighted by molar-refractivity contribution is 0.114. The van der Waals surface area contributed by atoms with Gasteiger partial charge in [-0.25, -0.2) is 9.97 Å². The van der Waals surface area contributed by atoms with Crippen molar-refractivity contribution in [1.82, 2.24) is 19.9 Å². The predicted octanol–water partition coefficient (Wildman–Crippen LogP) is 8.71. The lowest BCUT2D eigenvalue weighted by Gasteiger charge is -2.27. The molecular weight excluding hydrogens is 592 g/mol. The highest BCUT2D eigenvalue weighted by molar-refractivity contribution is 9.10. The summed E-state index contributed by atoms with van der Waals surface area (Å²) in [6.07, 6.45) is 11.5. The van der Waals surface area contributed by atoms with Crippen LogP contribution in [0.15, 0.2) is 82.5 Å². The Morgan fingerprint density at radius 1 is 0.649 bits per heavy atom. The summed E-state index contributed by atoms with van der Waals surface area (Å²) in [5.41, 5.74) is 5.06. The first-order valence-electron chi connectivity index (χ1n) is 13.2. The van der Waals surface area contributed by atoms with Gasteiger partial charge in [0.1, 0.15) is 0 Å². The van der Waals surface area contributed by atoms with E-state index in [2.05, 4.69) is 114 Å². The number of halogens is 2. The molecule has 0 saturated heterocycles. The van der Waals surface area contributed by atoms with Gasteiger partial charge in [-0.15, -0.1) is 0 Å². The van der Waals surface area contributed by atoms with Gasteiger partial charge in [0, 0.05) is 57.8 Å². The van der Waals surface area contributed by atoms with Gasteiger partial charge >= 0.3 is 0 Å². The van der Waals surface area contributed by atoms with Gasteiger partial charge < -0.3 is 14.7 Å². The van der Waals surface area contributed by atoms with Crippen molar-refractivity contribution in [1.29, 1.82) is 0 Å². The minimum Gasteiger partial charge on any atom is -0.381 e. The van der Waals surface area contributed by atoms with E-state index in [1.165, 1.54) is 22.5 Å². The summed E-state index contributed by atoms with van der Waals surface area (Å²) in [4.78, 5) is 15.4. The summed E-state index contributed by atoms with van der Waals surface area (Å²) in [5.74, 6) is 1.44. The summed E-state index contributed by atoms with van der Waals surface area (Å²) in [5, 5.41) is 0. The lowest BCUT2D eigenvalue weighted by atomic mass is 9.80. The number of imidazole rings is 2. The number of benzene rings is 2. The van der Waals surface area contributed by atoms with Gasteiger partial charge in [0.2, 0.25) is 0 Å². The molecule has 0 radical (unpaired) electrons. The zero-order chi connectivity index (χ0) is 26.0. The van der Waals surface area contributed by atoms with Gasteiger partial charge in [-0.1, -0.05) is 70.0 Å². The number of ether oxygens (including phenoxy) is 1. The predicted molar refractivity (Wildman–Crippen MR) is 157 cm³/mol. The highest BCUT2D eigenvalue weighted by Gasteiger charge is 2.26. The Balaban J connectivity index is 1.40. The number of aromatic nitrogens is 4. The molecule has 0 aliphatic rings. The minimum atomic E-state index is 0.322. The number of aromatic amines is 2. The van der Waals surface area contributed by atoms with Crippen LogP contribution < -0.4 is 0 Å². The second-order valence-electron chi connectivity index (χ2n) is 9.55. The average molecular weight is 628 g/mol. The van der Waals surface area contributed by atoms with E-state index in [-0.39, 0.29) is 0 Å². The summed E-state index contributed by atoms with van der Waals surface area (Å²) >= 11 is 7.13. The van der Waals surface area contributed by atoms with Crippen LogP contribution in [0.25, 0.3) is 0 Å². The Morgan fingerprint density at radius 2 is 1.05 bits per heavy atom. The minimum absolute atomic E-state index is 0.322. The van der Waals surface area contributed by atoms with E-state index in [9.17, 15) is 0 Å². The third-order valence-corrected chi connectivity index (χ3v) is 8.49. The van der Waals surface area contributed by atoms with Crippen molar-refractivity contribution in [3.05, 3.63) is 105 Å². The molecule has 0 fully saturated rings. The van der Waals surface area contributed by atoms with Crippen LogP contribution in [0.2, 0.25) is 0 Å². The normalized spacial score (nSPS) is 14.8. The van der Waals surface area contributed by atoms with E-state index in [1.807, 2.05) is 12.4 Å². The molecule has 2 N–H and O–H groups in total. The summed E-state index contributed by atoms with van der Waals surface area (Å²) < 4.78 is 8.52. The smallest absolute Gasteiger partial charge is 0.0921 e. The molecule has 0 amide bonds. The maximum Gasteiger partial charge on any atom is 0.0921 e. The van der Waals surface area contributed by atoms with Gasteiger partial charge in [0.25, 0.3) is 0 Å². The summed E-state index contributed by atoms with van der Waals surface area (Å²) in [6.45, 7) is 5.95. The molecule has 0 aliphatic carbocycles. The SMILES string of the molecule is CCC(c1ccc(Br)cc1)C(CCOCCC(c1cnc[nH]1)C(CC)c1ccc(Br)cc1)c1cnc[nH]1. The van der Waals surface area contributed by atoms with Crippen LogP contribution in [0.5, 0.6) is 0 Å². The molecule has 0 spiro atoms. The molecule has 2 aromatic heterocycles. The highest BCUT2D eigenvalue weighted by atomic mass is 79.9. The fraction of sp³-hybridized carbons (Fsp3) is 0.400. The molecule has 5 nitrogen and oxygen atoms in total. The fourth-order valence-electron chi connectivity index (χ4n) is 5.53. The van der Waals surface area contributed by atoms with E-state index in [0.717, 1.165) is 34.6 Å². The van der Waals surface area contributed by atoms with Gasteiger partial charge in [0.05, 0.1) is 12.7 Å². The number of hydrogen-bond acceptors (Lipinski definition) is 3. The third kappa shape index (κ3) is 7.43. The highest BCUT2D eigenvalue weighted by Crippen LogP contribution is 2.39. The number of nitrogens with zero attached hydrogens (tertiary/aromatic N) is 2. The quantitative estimate of drug-likeness (QED) is 0.137. The maximum atomic E-state index is 6.31. The van der Waals surface area contributed by atoms with Crippen LogP contribution in [0, 0.1) is 0 Å². The molecule has 4 aromatic rings. The first-order chi connectivity index (χ1) is 18.1. The first-order valence-corrected chi connectivity index (χ1v) is 14.7. The third-order valence-electron chi connectivity index (χ3n) is 7.43. The molecule has 4 unspecified atom stereocenters. The number of H-pyrrole nitrogens is 2. The Bertz CT molecular complexity index is 1070. The van der Waals surface area contributed by atoms with E-state index in [0.29, 0.717) is 36.9 Å². The summed E-state index contributed by atoms with van der Waals surface area (Å²) in [6, 6.07) is 17.4. The zero-order valence-electron chi connectivity index (χ0n) is 21.5. The van der Waals surface area contributed by atoms with Crippen molar-refractivity contribution in [2.24, 2.45) is 0 Å². The van der Waals surface area contributed by atoms with Gasteiger partial charge in [-0.3, -0.25) is 0 Å². The van der Waals surface area contributed by atoms with Gasteiger partial charge in [-0.2, -0.15) is 0 Å². The van der Waals surface area contributed by atoms with E-state index >= 15 is 0 Å². The van der Waals surface area contributed by atoms with Crippen LogP contribution in [0.4, 0.5) is 0 Å². The van der Waals surface area contributed by atoms with Crippen molar-refractivity contribution in [3.63, 3.8) is 0 Å². The molecule has 2 aromatic carbocycles. The van der Waals surface area contributed by atoms with Gasteiger partial charge in [-0.05, 0) is 72.9 Å². The van der Waals surface area contributed by atoms with Crippen molar-refractivity contribution in [2.75, 3.05) is 13.2 Å².